The molecule has 1 unspecified atom stereocenters. The zero-order valence-electron chi connectivity index (χ0n) is 7.33. The van der Waals surface area contributed by atoms with Gasteiger partial charge in [0.15, 0.2) is 5.38 Å². The predicted octanol–water partition coefficient (Wildman–Crippen LogP) is 2.71. The van der Waals surface area contributed by atoms with Gasteiger partial charge in [0.05, 0.1) is 7.11 Å². The van der Waals surface area contributed by atoms with Crippen molar-refractivity contribution >= 4 is 29.2 Å². The molecular weight excluding hydrogens is 227 g/mol. The quantitative estimate of drug-likeness (QED) is 0.819. The fourth-order valence-electron chi connectivity index (χ4n) is 1.04. The molecule has 0 saturated heterocycles. The van der Waals surface area contributed by atoms with Crippen molar-refractivity contribution in [3.63, 3.8) is 0 Å². The number of benzene rings is 1. The average Bonchev–Trinajstić information content (AvgIpc) is 2.16. The van der Waals surface area contributed by atoms with Gasteiger partial charge in [0.1, 0.15) is 5.75 Å². The van der Waals surface area contributed by atoms with Crippen LogP contribution in [0.1, 0.15) is 10.9 Å². The van der Waals surface area contributed by atoms with Crippen LogP contribution in [0.4, 0.5) is 0 Å². The molecule has 0 saturated carbocycles. The second kappa shape index (κ2) is 4.53. The second-order valence-corrected chi connectivity index (χ2v) is 3.46. The highest BCUT2D eigenvalue weighted by molar-refractivity contribution is 6.32. The van der Waals surface area contributed by atoms with Crippen LogP contribution in [0.5, 0.6) is 5.75 Å². The topological polar surface area (TPSA) is 46.5 Å². The van der Waals surface area contributed by atoms with Crippen LogP contribution >= 0.6 is 23.2 Å². The molecule has 3 nitrogen and oxygen atoms in total. The Kier molecular flexibility index (Phi) is 3.61. The van der Waals surface area contributed by atoms with Gasteiger partial charge in [-0.2, -0.15) is 0 Å². The van der Waals surface area contributed by atoms with Gasteiger partial charge in [-0.15, -0.1) is 11.6 Å². The van der Waals surface area contributed by atoms with Crippen LogP contribution in [0.3, 0.4) is 0 Å². The maximum Gasteiger partial charge on any atom is 0.326 e. The first kappa shape index (κ1) is 11.1. The van der Waals surface area contributed by atoms with Crippen LogP contribution in [-0.4, -0.2) is 18.2 Å². The number of hydrogen-bond donors (Lipinski definition) is 1. The van der Waals surface area contributed by atoms with E-state index in [1.165, 1.54) is 13.2 Å². The van der Waals surface area contributed by atoms with Crippen molar-refractivity contribution in [2.24, 2.45) is 0 Å². The van der Waals surface area contributed by atoms with Gasteiger partial charge in [-0.05, 0) is 18.2 Å². The number of carboxylic acid groups (broad SMARTS) is 1. The third-order valence-electron chi connectivity index (χ3n) is 1.68. The van der Waals surface area contributed by atoms with E-state index in [-0.39, 0.29) is 0 Å². The van der Waals surface area contributed by atoms with E-state index in [2.05, 4.69) is 0 Å². The van der Waals surface area contributed by atoms with Crippen molar-refractivity contribution in [3.8, 4) is 5.75 Å². The Morgan fingerprint density at radius 2 is 2.21 bits per heavy atom. The number of methoxy groups -OCH3 is 1. The standard InChI is InChI=1S/C9H8Cl2O3/c1-14-7-3-2-5(10)4-6(7)8(11)9(12)13/h2-4,8H,1H3,(H,12,13). The SMILES string of the molecule is COc1ccc(Cl)cc1C(Cl)C(=O)O. The Labute approximate surface area is 91.2 Å². The highest BCUT2D eigenvalue weighted by Gasteiger charge is 2.20. The molecule has 14 heavy (non-hydrogen) atoms. The molecule has 0 radical (unpaired) electrons. The van der Waals surface area contributed by atoms with Gasteiger partial charge in [0.2, 0.25) is 0 Å². The van der Waals surface area contributed by atoms with Crippen molar-refractivity contribution in [1.82, 2.24) is 0 Å². The summed E-state index contributed by atoms with van der Waals surface area (Å²) in [5, 5.41) is 7.99. The highest BCUT2D eigenvalue weighted by Crippen LogP contribution is 2.32. The Morgan fingerprint density at radius 1 is 1.57 bits per heavy atom. The molecule has 76 valence electrons. The first-order chi connectivity index (χ1) is 6.56. The number of carbonyl (C=O) groups is 1. The van der Waals surface area contributed by atoms with Crippen LogP contribution in [0.2, 0.25) is 5.02 Å². The van der Waals surface area contributed by atoms with Crippen LogP contribution in [0.25, 0.3) is 0 Å². The predicted molar refractivity (Wildman–Crippen MR) is 54.2 cm³/mol. The lowest BCUT2D eigenvalue weighted by molar-refractivity contribution is -0.136. The van der Waals surface area contributed by atoms with Gasteiger partial charge in [0.25, 0.3) is 0 Å². The minimum Gasteiger partial charge on any atom is -0.496 e. The molecule has 1 atom stereocenters. The summed E-state index contributed by atoms with van der Waals surface area (Å²) in [5.41, 5.74) is 0.356. The molecule has 0 bridgehead atoms. The minimum atomic E-state index is -1.15. The Balaban J connectivity index is 3.16. The maximum absolute atomic E-state index is 10.6. The van der Waals surface area contributed by atoms with Crippen molar-refractivity contribution in [3.05, 3.63) is 28.8 Å². The molecule has 0 aliphatic heterocycles. The molecule has 0 aromatic heterocycles. The molecule has 1 N–H and O–H groups in total. The fraction of sp³-hybridized carbons (Fsp3) is 0.222. The summed E-state index contributed by atoms with van der Waals surface area (Å²) >= 11 is 11.4. The smallest absolute Gasteiger partial charge is 0.326 e. The van der Waals surface area contributed by atoms with Crippen LogP contribution in [0, 0.1) is 0 Å². The van der Waals surface area contributed by atoms with Crippen LogP contribution < -0.4 is 4.74 Å². The monoisotopic (exact) mass is 234 g/mol. The van der Waals surface area contributed by atoms with E-state index in [0.29, 0.717) is 16.3 Å². The molecule has 5 heteroatoms. The number of hydrogen-bond acceptors (Lipinski definition) is 2. The number of halogens is 2. The van der Waals surface area contributed by atoms with Gasteiger partial charge in [-0.3, -0.25) is 4.79 Å². The number of alkyl halides is 1. The van der Waals surface area contributed by atoms with E-state index in [1.807, 2.05) is 0 Å². The van der Waals surface area contributed by atoms with E-state index < -0.39 is 11.3 Å². The number of ether oxygens (including phenoxy) is 1. The lowest BCUT2D eigenvalue weighted by Gasteiger charge is -2.10. The largest absolute Gasteiger partial charge is 0.496 e. The molecule has 0 amide bonds. The zero-order valence-corrected chi connectivity index (χ0v) is 8.84. The van der Waals surface area contributed by atoms with Crippen molar-refractivity contribution in [1.29, 1.82) is 0 Å². The summed E-state index contributed by atoms with van der Waals surface area (Å²) in [5.74, 6) is -0.718. The van der Waals surface area contributed by atoms with Gasteiger partial charge in [-0.25, -0.2) is 0 Å². The normalized spacial score (nSPS) is 12.2. The summed E-state index contributed by atoms with van der Waals surface area (Å²) in [4.78, 5) is 10.6. The third kappa shape index (κ3) is 2.30. The molecule has 0 aliphatic carbocycles. The molecule has 0 fully saturated rings. The Bertz CT molecular complexity index is 352. The number of aliphatic carboxylic acids is 1. The van der Waals surface area contributed by atoms with Gasteiger partial charge < -0.3 is 9.84 Å². The van der Waals surface area contributed by atoms with Crippen LogP contribution in [-0.2, 0) is 4.79 Å². The number of rotatable bonds is 3. The van der Waals surface area contributed by atoms with Crippen LogP contribution in [0.15, 0.2) is 18.2 Å². The van der Waals surface area contributed by atoms with Crippen molar-refractivity contribution in [2.75, 3.05) is 7.11 Å². The van der Waals surface area contributed by atoms with E-state index in [9.17, 15) is 4.79 Å². The summed E-state index contributed by atoms with van der Waals surface area (Å²) < 4.78 is 4.97. The average molecular weight is 235 g/mol. The molecule has 1 aromatic carbocycles. The summed E-state index contributed by atoms with van der Waals surface area (Å²) in [6, 6.07) is 4.66. The third-order valence-corrected chi connectivity index (χ3v) is 2.34. The fourth-order valence-corrected chi connectivity index (χ4v) is 1.39. The summed E-state index contributed by atoms with van der Waals surface area (Å²) in [7, 11) is 1.44. The highest BCUT2D eigenvalue weighted by atomic mass is 35.5. The molecule has 1 aromatic rings. The van der Waals surface area contributed by atoms with Gasteiger partial charge >= 0.3 is 5.97 Å². The lowest BCUT2D eigenvalue weighted by Crippen LogP contribution is -2.06. The van der Waals surface area contributed by atoms with E-state index >= 15 is 0 Å². The Morgan fingerprint density at radius 3 is 2.71 bits per heavy atom. The van der Waals surface area contributed by atoms with E-state index in [4.69, 9.17) is 33.0 Å². The lowest BCUT2D eigenvalue weighted by atomic mass is 10.1. The second-order valence-electron chi connectivity index (χ2n) is 2.59. The van der Waals surface area contributed by atoms with Gasteiger partial charge in [-0.1, -0.05) is 11.6 Å². The summed E-state index contributed by atoms with van der Waals surface area (Å²) in [6.45, 7) is 0. The zero-order chi connectivity index (χ0) is 10.7. The molecule has 0 spiro atoms. The first-order valence-electron chi connectivity index (χ1n) is 3.76. The molecule has 0 heterocycles. The Hall–Kier alpha value is -0.930. The number of carboxylic acids is 1. The molecule has 1 rings (SSSR count). The molecular formula is C9H8Cl2O3. The van der Waals surface area contributed by atoms with Crippen molar-refractivity contribution < 1.29 is 14.6 Å². The van der Waals surface area contributed by atoms with Crippen molar-refractivity contribution in [2.45, 2.75) is 5.38 Å². The molecule has 0 aliphatic rings. The van der Waals surface area contributed by atoms with Gasteiger partial charge in [0, 0.05) is 10.6 Å². The maximum atomic E-state index is 10.6. The first-order valence-corrected chi connectivity index (χ1v) is 4.58. The summed E-state index contributed by atoms with van der Waals surface area (Å²) in [6.07, 6.45) is 0. The van der Waals surface area contributed by atoms with E-state index in [0.717, 1.165) is 0 Å². The van der Waals surface area contributed by atoms with E-state index in [1.54, 1.807) is 12.1 Å². The minimum absolute atomic E-state index is 0.356.